The fraction of sp³-hybridized carbons (Fsp3) is 0.500. The van der Waals surface area contributed by atoms with Crippen molar-refractivity contribution < 1.29 is 0 Å². The molecule has 0 saturated carbocycles. The lowest BCUT2D eigenvalue weighted by Crippen LogP contribution is -2.04. The molecule has 18 heavy (non-hydrogen) atoms. The second kappa shape index (κ2) is 5.91. The maximum Gasteiger partial charge on any atom is 0.133 e. The zero-order valence-electron chi connectivity index (χ0n) is 10.6. The first-order valence-corrected chi connectivity index (χ1v) is 6.54. The summed E-state index contributed by atoms with van der Waals surface area (Å²) in [6.45, 7) is 5.01. The zero-order valence-corrected chi connectivity index (χ0v) is 11.4. The van der Waals surface area contributed by atoms with Crippen molar-refractivity contribution in [2.75, 3.05) is 0 Å². The third-order valence-corrected chi connectivity index (χ3v) is 2.72. The van der Waals surface area contributed by atoms with Crippen molar-refractivity contribution in [1.82, 2.24) is 25.0 Å². The van der Waals surface area contributed by atoms with E-state index in [1.165, 1.54) is 0 Å². The Kier molecular flexibility index (Phi) is 4.25. The van der Waals surface area contributed by atoms with Crippen LogP contribution in [0.3, 0.4) is 0 Å². The average Bonchev–Trinajstić information content (AvgIpc) is 2.77. The van der Waals surface area contributed by atoms with Crippen molar-refractivity contribution in [1.29, 1.82) is 0 Å². The number of nitrogens with zero attached hydrogens (tertiary/aromatic N) is 5. The van der Waals surface area contributed by atoms with Crippen LogP contribution in [-0.2, 0) is 13.0 Å². The van der Waals surface area contributed by atoms with E-state index in [2.05, 4.69) is 34.1 Å². The smallest absolute Gasteiger partial charge is 0.133 e. The van der Waals surface area contributed by atoms with Gasteiger partial charge in [0.15, 0.2) is 0 Å². The zero-order chi connectivity index (χ0) is 13.0. The molecule has 2 heterocycles. The Hall–Kier alpha value is -1.49. The summed E-state index contributed by atoms with van der Waals surface area (Å²) in [7, 11) is 0. The van der Waals surface area contributed by atoms with Crippen molar-refractivity contribution in [2.45, 2.75) is 39.7 Å². The highest BCUT2D eigenvalue weighted by molar-refractivity contribution is 6.29. The quantitative estimate of drug-likeness (QED) is 0.780. The maximum absolute atomic E-state index is 6.03. The third kappa shape index (κ3) is 2.85. The lowest BCUT2D eigenvalue weighted by Gasteiger charge is -2.06. The Balaban J connectivity index is 2.39. The molecule has 2 aromatic rings. The molecule has 2 rings (SSSR count). The van der Waals surface area contributed by atoms with Crippen LogP contribution in [-0.4, -0.2) is 25.0 Å². The molecule has 6 heteroatoms. The van der Waals surface area contributed by atoms with E-state index in [0.717, 1.165) is 43.0 Å². The standard InChI is InChI=1S/C12H16ClN5/c1-3-5-12-15-9(7-11(13)16-12)10-8-14-17-18(10)6-4-2/h7-8H,3-6H2,1-2H3. The van der Waals surface area contributed by atoms with Crippen LogP contribution in [0.2, 0.25) is 5.15 Å². The molecular weight excluding hydrogens is 250 g/mol. The van der Waals surface area contributed by atoms with Crippen LogP contribution < -0.4 is 0 Å². The summed E-state index contributed by atoms with van der Waals surface area (Å²) in [5, 5.41) is 8.45. The van der Waals surface area contributed by atoms with Gasteiger partial charge in [-0.2, -0.15) is 0 Å². The Morgan fingerprint density at radius 3 is 2.78 bits per heavy atom. The Labute approximate surface area is 111 Å². The maximum atomic E-state index is 6.03. The predicted octanol–water partition coefficient (Wildman–Crippen LogP) is 2.75. The van der Waals surface area contributed by atoms with Gasteiger partial charge in [0.05, 0.1) is 11.9 Å². The second-order valence-corrected chi connectivity index (χ2v) is 4.47. The van der Waals surface area contributed by atoms with Gasteiger partial charge >= 0.3 is 0 Å². The summed E-state index contributed by atoms with van der Waals surface area (Å²) < 4.78 is 1.84. The molecular formula is C12H16ClN5. The molecule has 0 aromatic carbocycles. The summed E-state index contributed by atoms with van der Waals surface area (Å²) in [4.78, 5) is 8.73. The van der Waals surface area contributed by atoms with Gasteiger partial charge in [-0.1, -0.05) is 30.7 Å². The number of halogens is 1. The van der Waals surface area contributed by atoms with Gasteiger partial charge in [0.2, 0.25) is 0 Å². The summed E-state index contributed by atoms with van der Waals surface area (Å²) in [6.07, 6.45) is 4.52. The molecule has 0 aliphatic carbocycles. The van der Waals surface area contributed by atoms with Gasteiger partial charge in [0, 0.05) is 19.0 Å². The van der Waals surface area contributed by atoms with Gasteiger partial charge in [-0.25, -0.2) is 14.6 Å². The minimum Gasteiger partial charge on any atom is -0.243 e. The summed E-state index contributed by atoms with van der Waals surface area (Å²) in [5.41, 5.74) is 1.68. The molecule has 0 bridgehead atoms. The van der Waals surface area contributed by atoms with Crippen LogP contribution in [0.5, 0.6) is 0 Å². The topological polar surface area (TPSA) is 56.5 Å². The first kappa shape index (κ1) is 13.0. The fourth-order valence-electron chi connectivity index (χ4n) is 1.76. The van der Waals surface area contributed by atoms with Crippen molar-refractivity contribution in [3.05, 3.63) is 23.2 Å². The number of aromatic nitrogens is 5. The highest BCUT2D eigenvalue weighted by Gasteiger charge is 2.10. The second-order valence-electron chi connectivity index (χ2n) is 4.08. The number of hydrogen-bond acceptors (Lipinski definition) is 4. The van der Waals surface area contributed by atoms with Crippen molar-refractivity contribution in [2.24, 2.45) is 0 Å². The lowest BCUT2D eigenvalue weighted by atomic mass is 10.2. The van der Waals surface area contributed by atoms with Crippen molar-refractivity contribution >= 4 is 11.6 Å². The lowest BCUT2D eigenvalue weighted by molar-refractivity contribution is 0.583. The summed E-state index contributed by atoms with van der Waals surface area (Å²) >= 11 is 6.03. The van der Waals surface area contributed by atoms with E-state index in [1.54, 1.807) is 12.3 Å². The van der Waals surface area contributed by atoms with E-state index in [-0.39, 0.29) is 0 Å². The normalized spacial score (nSPS) is 10.8. The summed E-state index contributed by atoms with van der Waals surface area (Å²) in [6, 6.07) is 1.76. The summed E-state index contributed by atoms with van der Waals surface area (Å²) in [5.74, 6) is 0.768. The van der Waals surface area contributed by atoms with Crippen molar-refractivity contribution in [3.63, 3.8) is 0 Å². The minimum atomic E-state index is 0.465. The van der Waals surface area contributed by atoms with Gasteiger partial charge in [-0.3, -0.25) is 0 Å². The molecule has 0 saturated heterocycles. The van der Waals surface area contributed by atoms with Crippen LogP contribution in [0.15, 0.2) is 12.3 Å². The van der Waals surface area contributed by atoms with Crippen molar-refractivity contribution in [3.8, 4) is 11.4 Å². The molecule has 0 amide bonds. The van der Waals surface area contributed by atoms with Crippen LogP contribution in [0, 0.1) is 0 Å². The first-order valence-electron chi connectivity index (χ1n) is 6.17. The molecule has 0 N–H and O–H groups in total. The minimum absolute atomic E-state index is 0.465. The predicted molar refractivity (Wildman–Crippen MR) is 70.3 cm³/mol. The first-order chi connectivity index (χ1) is 8.74. The largest absolute Gasteiger partial charge is 0.243 e. The highest BCUT2D eigenvalue weighted by Crippen LogP contribution is 2.19. The van der Waals surface area contributed by atoms with E-state index in [4.69, 9.17) is 11.6 Å². The SMILES string of the molecule is CCCc1nc(Cl)cc(-c2cnnn2CCC)n1. The third-order valence-electron chi connectivity index (χ3n) is 2.53. The van der Waals surface area contributed by atoms with E-state index in [9.17, 15) is 0 Å². The molecule has 0 unspecified atom stereocenters. The van der Waals surface area contributed by atoms with Crippen LogP contribution in [0.4, 0.5) is 0 Å². The van der Waals surface area contributed by atoms with E-state index in [1.807, 2.05) is 4.68 Å². The number of rotatable bonds is 5. The molecule has 0 atom stereocenters. The van der Waals surface area contributed by atoms with Crippen LogP contribution in [0.1, 0.15) is 32.5 Å². The van der Waals surface area contributed by atoms with Gasteiger partial charge < -0.3 is 0 Å². The monoisotopic (exact) mass is 265 g/mol. The Morgan fingerprint density at radius 2 is 2.06 bits per heavy atom. The average molecular weight is 266 g/mol. The van der Waals surface area contributed by atoms with Gasteiger partial charge in [-0.15, -0.1) is 5.10 Å². The van der Waals surface area contributed by atoms with E-state index >= 15 is 0 Å². The molecule has 0 aliphatic heterocycles. The molecule has 96 valence electrons. The Morgan fingerprint density at radius 1 is 1.22 bits per heavy atom. The molecule has 0 aliphatic rings. The molecule has 5 nitrogen and oxygen atoms in total. The number of aryl methyl sites for hydroxylation is 2. The number of hydrogen-bond donors (Lipinski definition) is 0. The fourth-order valence-corrected chi connectivity index (χ4v) is 1.97. The van der Waals surface area contributed by atoms with E-state index in [0.29, 0.717) is 5.15 Å². The highest BCUT2D eigenvalue weighted by atomic mass is 35.5. The molecule has 2 aromatic heterocycles. The Bertz CT molecular complexity index is 523. The molecule has 0 radical (unpaired) electrons. The molecule has 0 spiro atoms. The van der Waals surface area contributed by atoms with Gasteiger partial charge in [0.1, 0.15) is 16.7 Å². The van der Waals surface area contributed by atoms with Crippen LogP contribution in [0.25, 0.3) is 11.4 Å². The van der Waals surface area contributed by atoms with Gasteiger partial charge in [-0.05, 0) is 12.8 Å². The van der Waals surface area contributed by atoms with E-state index < -0.39 is 0 Å². The van der Waals surface area contributed by atoms with Crippen LogP contribution >= 0.6 is 11.6 Å². The molecule has 0 fully saturated rings. The van der Waals surface area contributed by atoms with Gasteiger partial charge in [0.25, 0.3) is 0 Å².